The maximum absolute atomic E-state index is 12.9. The molecule has 0 aliphatic heterocycles. The molecule has 3 atom stereocenters. The van der Waals surface area contributed by atoms with Gasteiger partial charge in [0, 0.05) is 6.42 Å². The van der Waals surface area contributed by atoms with E-state index in [-0.39, 0.29) is 12.5 Å². The number of quaternary nitrogens is 1. The molecule has 64 heavy (non-hydrogen) atoms. The average Bonchev–Trinajstić information content (AvgIpc) is 3.25. The molecule has 0 aromatic rings. The zero-order valence-electron chi connectivity index (χ0n) is 42.7. The number of likely N-dealkylation sites (N-methyl/N-ethyl adjacent to an activating group) is 1. The molecule has 0 rings (SSSR count). The van der Waals surface area contributed by atoms with Gasteiger partial charge in [-0.05, 0) is 70.6 Å². The molecule has 0 aliphatic carbocycles. The van der Waals surface area contributed by atoms with Gasteiger partial charge in [0.05, 0.1) is 39.9 Å². The van der Waals surface area contributed by atoms with Crippen molar-refractivity contribution in [2.24, 2.45) is 0 Å². The number of phosphoric ester groups is 1. The molecule has 0 aliphatic rings. The molecule has 0 saturated carbocycles. The minimum Gasteiger partial charge on any atom is -0.756 e. The summed E-state index contributed by atoms with van der Waals surface area (Å²) >= 11 is 0. The van der Waals surface area contributed by atoms with Gasteiger partial charge in [0.1, 0.15) is 13.2 Å². The molecule has 2 N–H and O–H groups in total. The number of unbranched alkanes of at least 4 members (excludes halogenated alkanes) is 30. The van der Waals surface area contributed by atoms with Gasteiger partial charge in [0.25, 0.3) is 7.82 Å². The first-order valence-corrected chi connectivity index (χ1v) is 28.5. The monoisotopic (exact) mass is 921 g/mol. The Morgan fingerprint density at radius 3 is 1.27 bits per heavy atom. The number of rotatable bonds is 49. The van der Waals surface area contributed by atoms with Gasteiger partial charge in [-0.2, -0.15) is 0 Å². The third-order valence-electron chi connectivity index (χ3n) is 12.0. The van der Waals surface area contributed by atoms with Crippen LogP contribution in [0, 0.1) is 0 Å². The van der Waals surface area contributed by atoms with E-state index in [2.05, 4.69) is 55.6 Å². The Morgan fingerprint density at radius 2 is 0.875 bits per heavy atom. The summed E-state index contributed by atoms with van der Waals surface area (Å²) in [5, 5.41) is 13.8. The molecule has 376 valence electrons. The Hall–Kier alpha value is -1.54. The predicted octanol–water partition coefficient (Wildman–Crippen LogP) is 15.3. The standard InChI is InChI=1S/C55H105N2O6P/c1-6-8-10-12-14-16-18-20-22-23-24-25-26-27-28-29-30-31-32-33-34-35-36-38-40-42-44-46-48-54(58)53(52-63-64(60,61)62-51-50-57(3,4)5)56-55(59)49-47-45-43-41-39-37-21-19-17-15-13-11-9-7-2/h19,21,33-34,38,40,46,48,53-54,58H,6-18,20,22-32,35-37,39,41-45,47,49-52H2,1-5H3,(H-,56,59,60,61)/b21-19-,34-33+,40-38+,48-46+. The van der Waals surface area contributed by atoms with E-state index in [1.165, 1.54) is 161 Å². The van der Waals surface area contributed by atoms with Gasteiger partial charge in [-0.3, -0.25) is 9.36 Å². The number of allylic oxidation sites excluding steroid dienone is 7. The van der Waals surface area contributed by atoms with Crippen LogP contribution in [-0.4, -0.2) is 68.5 Å². The van der Waals surface area contributed by atoms with Gasteiger partial charge < -0.3 is 28.8 Å². The van der Waals surface area contributed by atoms with Crippen LogP contribution in [0.4, 0.5) is 0 Å². The molecule has 0 aromatic carbocycles. The van der Waals surface area contributed by atoms with Gasteiger partial charge in [0.2, 0.25) is 5.91 Å². The quantitative estimate of drug-likeness (QED) is 0.0272. The van der Waals surface area contributed by atoms with Crippen LogP contribution >= 0.6 is 7.82 Å². The SMILES string of the molecule is CCCCCCC/C=C\CCCCCCCC(=O)NC(COP(=O)([O-])OCC[N+](C)(C)C)C(O)/C=C/CC/C=C/CC/C=C/CCCCCCCCCCCCCCCCCCCC. The Morgan fingerprint density at radius 1 is 0.531 bits per heavy atom. The molecule has 0 saturated heterocycles. The molecule has 1 amide bonds. The fourth-order valence-electron chi connectivity index (χ4n) is 7.71. The largest absolute Gasteiger partial charge is 0.756 e. The lowest BCUT2D eigenvalue weighted by molar-refractivity contribution is -0.870. The van der Waals surface area contributed by atoms with Gasteiger partial charge in [0.15, 0.2) is 0 Å². The molecule has 0 heterocycles. The predicted molar refractivity (Wildman–Crippen MR) is 274 cm³/mol. The van der Waals surface area contributed by atoms with Crippen molar-refractivity contribution < 1.29 is 32.9 Å². The summed E-state index contributed by atoms with van der Waals surface area (Å²) in [7, 11) is 1.23. The van der Waals surface area contributed by atoms with E-state index in [4.69, 9.17) is 9.05 Å². The third-order valence-corrected chi connectivity index (χ3v) is 13.0. The average molecular weight is 921 g/mol. The number of nitrogens with zero attached hydrogens (tertiary/aromatic N) is 1. The molecule has 0 aromatic heterocycles. The van der Waals surface area contributed by atoms with Crippen LogP contribution in [0.15, 0.2) is 48.6 Å². The van der Waals surface area contributed by atoms with Crippen molar-refractivity contribution in [3.8, 4) is 0 Å². The molecule has 0 bridgehead atoms. The Bertz CT molecular complexity index is 1180. The smallest absolute Gasteiger partial charge is 0.268 e. The van der Waals surface area contributed by atoms with Crippen LogP contribution < -0.4 is 10.2 Å². The second-order valence-corrected chi connectivity index (χ2v) is 21.0. The highest BCUT2D eigenvalue weighted by Gasteiger charge is 2.23. The van der Waals surface area contributed by atoms with E-state index < -0.39 is 26.6 Å². The van der Waals surface area contributed by atoms with Gasteiger partial charge in [-0.15, -0.1) is 0 Å². The number of aliphatic hydroxyl groups is 1. The summed E-state index contributed by atoms with van der Waals surface area (Å²) in [6.45, 7) is 4.61. The molecule has 9 heteroatoms. The van der Waals surface area contributed by atoms with Gasteiger partial charge >= 0.3 is 0 Å². The lowest BCUT2D eigenvalue weighted by atomic mass is 10.0. The Kier molecular flexibility index (Phi) is 45.4. The molecular formula is C55H105N2O6P. The van der Waals surface area contributed by atoms with E-state index >= 15 is 0 Å². The van der Waals surface area contributed by atoms with Gasteiger partial charge in [-0.25, -0.2) is 0 Å². The fourth-order valence-corrected chi connectivity index (χ4v) is 8.43. The number of aliphatic hydroxyl groups excluding tert-OH is 1. The zero-order valence-corrected chi connectivity index (χ0v) is 43.6. The molecule has 0 fully saturated rings. The van der Waals surface area contributed by atoms with Gasteiger partial charge in [-0.1, -0.05) is 217 Å². The number of amides is 1. The highest BCUT2D eigenvalue weighted by Crippen LogP contribution is 2.38. The van der Waals surface area contributed by atoms with Crippen LogP contribution in [-0.2, 0) is 18.4 Å². The van der Waals surface area contributed by atoms with Crippen LogP contribution in [0.1, 0.15) is 245 Å². The number of carbonyl (C=O) groups is 1. The van der Waals surface area contributed by atoms with Crippen LogP contribution in [0.5, 0.6) is 0 Å². The lowest BCUT2D eigenvalue weighted by Crippen LogP contribution is -2.45. The van der Waals surface area contributed by atoms with Crippen molar-refractivity contribution in [3.05, 3.63) is 48.6 Å². The maximum atomic E-state index is 12.9. The summed E-state index contributed by atoms with van der Waals surface area (Å²) in [5.74, 6) is -0.220. The Labute approximate surface area is 397 Å². The summed E-state index contributed by atoms with van der Waals surface area (Å²) in [5.41, 5.74) is 0. The number of phosphoric acid groups is 1. The highest BCUT2D eigenvalue weighted by atomic mass is 31.2. The van der Waals surface area contributed by atoms with E-state index in [0.29, 0.717) is 17.4 Å². The molecule has 8 nitrogen and oxygen atoms in total. The minimum absolute atomic E-state index is 0.0113. The fraction of sp³-hybridized carbons (Fsp3) is 0.836. The zero-order chi connectivity index (χ0) is 47.1. The van der Waals surface area contributed by atoms with Crippen LogP contribution in [0.3, 0.4) is 0 Å². The molecule has 0 radical (unpaired) electrons. The number of carbonyl (C=O) groups excluding carboxylic acids is 1. The van der Waals surface area contributed by atoms with E-state index in [1.807, 2.05) is 27.2 Å². The Balaban J connectivity index is 4.28. The molecule has 3 unspecified atom stereocenters. The van der Waals surface area contributed by atoms with Crippen molar-refractivity contribution in [3.63, 3.8) is 0 Å². The number of hydrogen-bond acceptors (Lipinski definition) is 6. The first-order valence-electron chi connectivity index (χ1n) is 27.0. The van der Waals surface area contributed by atoms with Crippen molar-refractivity contribution in [2.45, 2.75) is 257 Å². The summed E-state index contributed by atoms with van der Waals surface area (Å²) < 4.78 is 23.2. The molecular weight excluding hydrogens is 816 g/mol. The van der Waals surface area contributed by atoms with Crippen molar-refractivity contribution in [2.75, 3.05) is 40.9 Å². The van der Waals surface area contributed by atoms with Crippen molar-refractivity contribution >= 4 is 13.7 Å². The first kappa shape index (κ1) is 62.5. The van der Waals surface area contributed by atoms with Crippen LogP contribution in [0.2, 0.25) is 0 Å². The number of hydrogen-bond donors (Lipinski definition) is 2. The van der Waals surface area contributed by atoms with Crippen molar-refractivity contribution in [1.82, 2.24) is 5.32 Å². The van der Waals surface area contributed by atoms with Crippen molar-refractivity contribution in [1.29, 1.82) is 0 Å². The van der Waals surface area contributed by atoms with E-state index in [9.17, 15) is 19.4 Å². The van der Waals surface area contributed by atoms with Crippen LogP contribution in [0.25, 0.3) is 0 Å². The maximum Gasteiger partial charge on any atom is 0.268 e. The highest BCUT2D eigenvalue weighted by molar-refractivity contribution is 7.45. The summed E-state index contributed by atoms with van der Waals surface area (Å²) in [6, 6.07) is -0.914. The second kappa shape index (κ2) is 46.6. The summed E-state index contributed by atoms with van der Waals surface area (Å²) in [4.78, 5) is 25.4. The van der Waals surface area contributed by atoms with E-state index in [1.54, 1.807) is 6.08 Å². The normalized spacial score (nSPS) is 14.4. The number of nitrogens with one attached hydrogen (secondary N) is 1. The third kappa shape index (κ3) is 48.4. The molecule has 0 spiro atoms. The summed E-state index contributed by atoms with van der Waals surface area (Å²) in [6.07, 6.45) is 60.5. The topological polar surface area (TPSA) is 108 Å². The second-order valence-electron chi connectivity index (χ2n) is 19.6. The minimum atomic E-state index is -4.61. The first-order chi connectivity index (χ1) is 31.0. The lowest BCUT2D eigenvalue weighted by Gasteiger charge is -2.29. The van der Waals surface area contributed by atoms with E-state index in [0.717, 1.165) is 64.2 Å².